The number of hydrogen-bond donors (Lipinski definition) is 0. The summed E-state index contributed by atoms with van der Waals surface area (Å²) in [5.41, 5.74) is 2.44. The van der Waals surface area contributed by atoms with Crippen LogP contribution in [0, 0.1) is 5.92 Å². The van der Waals surface area contributed by atoms with Crippen molar-refractivity contribution in [1.82, 2.24) is 19.2 Å². The van der Waals surface area contributed by atoms with Crippen molar-refractivity contribution in [3.8, 4) is 11.4 Å². The van der Waals surface area contributed by atoms with E-state index in [0.717, 1.165) is 17.8 Å². The maximum atomic E-state index is 13.3. The molecule has 2 aliphatic rings. The molecule has 0 radical (unpaired) electrons. The summed E-state index contributed by atoms with van der Waals surface area (Å²) in [5.74, 6) is 1.16. The molecule has 0 saturated carbocycles. The van der Waals surface area contributed by atoms with Crippen LogP contribution in [-0.2, 0) is 6.54 Å². The molecule has 1 amide bonds. The molecule has 29 heavy (non-hydrogen) atoms. The predicted octanol–water partition coefficient (Wildman–Crippen LogP) is 2.30. The Bertz CT molecular complexity index is 1120. The number of rotatable bonds is 3. The van der Waals surface area contributed by atoms with E-state index < -0.39 is 0 Å². The lowest BCUT2D eigenvalue weighted by Crippen LogP contribution is -2.49. The first-order valence-electron chi connectivity index (χ1n) is 9.81. The van der Waals surface area contributed by atoms with Crippen LogP contribution in [0.3, 0.4) is 0 Å². The molecule has 0 N–H and O–H groups in total. The van der Waals surface area contributed by atoms with Crippen LogP contribution >= 0.6 is 0 Å². The number of likely N-dealkylation sites (tertiary alicyclic amines) is 1. The average molecular weight is 390 g/mol. The van der Waals surface area contributed by atoms with Crippen LogP contribution in [0.1, 0.15) is 28.4 Å². The molecule has 7 heteroatoms. The van der Waals surface area contributed by atoms with Gasteiger partial charge in [-0.25, -0.2) is 4.68 Å². The molecule has 0 aliphatic carbocycles. The van der Waals surface area contributed by atoms with Crippen molar-refractivity contribution in [2.24, 2.45) is 5.92 Å². The van der Waals surface area contributed by atoms with Crippen molar-refractivity contribution in [3.05, 3.63) is 76.5 Å². The van der Waals surface area contributed by atoms with Gasteiger partial charge in [-0.3, -0.25) is 9.59 Å². The molecule has 148 valence electrons. The van der Waals surface area contributed by atoms with Crippen LogP contribution in [-0.4, -0.2) is 45.4 Å². The van der Waals surface area contributed by atoms with Crippen molar-refractivity contribution in [2.45, 2.75) is 18.9 Å². The number of amides is 1. The minimum Gasteiger partial charge on any atom is -0.494 e. The molecule has 2 bridgehead atoms. The zero-order valence-electron chi connectivity index (χ0n) is 16.2. The van der Waals surface area contributed by atoms with Gasteiger partial charge in [0.1, 0.15) is 11.4 Å². The number of hydrogen-bond acceptors (Lipinski definition) is 4. The highest BCUT2D eigenvalue weighted by Gasteiger charge is 2.36. The molecule has 1 saturated heterocycles. The number of ether oxygens (including phenoxy) is 1. The quantitative estimate of drug-likeness (QED) is 0.688. The molecule has 7 nitrogen and oxygen atoms in total. The zero-order valence-corrected chi connectivity index (χ0v) is 16.2. The van der Waals surface area contributed by atoms with Crippen LogP contribution in [0.5, 0.6) is 5.75 Å². The van der Waals surface area contributed by atoms with Gasteiger partial charge in [0.2, 0.25) is 0 Å². The molecule has 1 aromatic carbocycles. The molecule has 4 heterocycles. The van der Waals surface area contributed by atoms with E-state index in [1.807, 2.05) is 46.0 Å². The highest BCUT2D eigenvalue weighted by Crippen LogP contribution is 2.35. The highest BCUT2D eigenvalue weighted by molar-refractivity contribution is 5.95. The van der Waals surface area contributed by atoms with Crippen LogP contribution in [0.4, 0.5) is 0 Å². The van der Waals surface area contributed by atoms with E-state index in [1.54, 1.807) is 30.1 Å². The van der Waals surface area contributed by atoms with Gasteiger partial charge >= 0.3 is 0 Å². The number of fused-ring (bicyclic) bond motifs is 4. The lowest BCUT2D eigenvalue weighted by atomic mass is 9.83. The van der Waals surface area contributed by atoms with E-state index in [0.29, 0.717) is 36.9 Å². The van der Waals surface area contributed by atoms with Crippen LogP contribution in [0.25, 0.3) is 5.69 Å². The van der Waals surface area contributed by atoms with Gasteiger partial charge in [-0.15, -0.1) is 0 Å². The van der Waals surface area contributed by atoms with Crippen LogP contribution in [0.15, 0.2) is 59.7 Å². The highest BCUT2D eigenvalue weighted by atomic mass is 16.5. The van der Waals surface area contributed by atoms with Gasteiger partial charge in [-0.2, -0.15) is 5.10 Å². The van der Waals surface area contributed by atoms with Crippen molar-refractivity contribution in [1.29, 1.82) is 0 Å². The second-order valence-electron chi connectivity index (χ2n) is 7.75. The third kappa shape index (κ3) is 3.03. The Kier molecular flexibility index (Phi) is 4.23. The Morgan fingerprint density at radius 1 is 1.14 bits per heavy atom. The molecule has 3 aromatic rings. The number of aromatic nitrogens is 3. The SMILES string of the molecule is COc1ccc(C(=O)N2CC3CC(C2)c2cccc(=O)n2C3)cc1-n1cccn1. The van der Waals surface area contributed by atoms with Gasteiger partial charge in [0, 0.05) is 55.3 Å². The van der Waals surface area contributed by atoms with Gasteiger partial charge in [0.15, 0.2) is 0 Å². The molecular weight excluding hydrogens is 368 g/mol. The van der Waals surface area contributed by atoms with Gasteiger partial charge in [-0.05, 0) is 42.7 Å². The number of pyridine rings is 1. The lowest BCUT2D eigenvalue weighted by Gasteiger charge is -2.42. The van der Waals surface area contributed by atoms with Crippen molar-refractivity contribution in [3.63, 3.8) is 0 Å². The van der Waals surface area contributed by atoms with E-state index in [9.17, 15) is 9.59 Å². The largest absolute Gasteiger partial charge is 0.494 e. The van der Waals surface area contributed by atoms with Gasteiger partial charge in [-0.1, -0.05) is 6.07 Å². The van der Waals surface area contributed by atoms with E-state index in [2.05, 4.69) is 5.10 Å². The predicted molar refractivity (Wildman–Crippen MR) is 108 cm³/mol. The molecule has 2 atom stereocenters. The number of carbonyl (C=O) groups is 1. The summed E-state index contributed by atoms with van der Waals surface area (Å²) >= 11 is 0. The summed E-state index contributed by atoms with van der Waals surface area (Å²) in [6, 6.07) is 12.7. The number of methoxy groups -OCH3 is 1. The Hall–Kier alpha value is -3.35. The van der Waals surface area contributed by atoms with Gasteiger partial charge in [0.25, 0.3) is 11.5 Å². The topological polar surface area (TPSA) is 69.4 Å². The monoisotopic (exact) mass is 390 g/mol. The molecule has 1 fully saturated rings. The van der Waals surface area contributed by atoms with E-state index in [1.165, 1.54) is 0 Å². The summed E-state index contributed by atoms with van der Waals surface area (Å²) in [7, 11) is 1.61. The van der Waals surface area contributed by atoms with Crippen molar-refractivity contribution >= 4 is 5.91 Å². The van der Waals surface area contributed by atoms with E-state index >= 15 is 0 Å². The Morgan fingerprint density at radius 3 is 2.83 bits per heavy atom. The first-order chi connectivity index (χ1) is 14.1. The minimum atomic E-state index is 0.00230. The fourth-order valence-corrected chi connectivity index (χ4v) is 4.66. The number of nitrogens with zero attached hydrogens (tertiary/aromatic N) is 4. The average Bonchev–Trinajstić information content (AvgIpc) is 3.28. The first-order valence-corrected chi connectivity index (χ1v) is 9.81. The van der Waals surface area contributed by atoms with E-state index in [4.69, 9.17) is 4.74 Å². The summed E-state index contributed by atoms with van der Waals surface area (Å²) in [6.07, 6.45) is 4.54. The van der Waals surface area contributed by atoms with Crippen molar-refractivity contribution in [2.75, 3.05) is 20.2 Å². The fourth-order valence-electron chi connectivity index (χ4n) is 4.66. The van der Waals surface area contributed by atoms with Crippen LogP contribution < -0.4 is 10.3 Å². The minimum absolute atomic E-state index is 0.00230. The van der Waals surface area contributed by atoms with Gasteiger partial charge < -0.3 is 14.2 Å². The maximum absolute atomic E-state index is 13.3. The number of benzene rings is 1. The second kappa shape index (κ2) is 6.92. The third-order valence-electron chi connectivity index (χ3n) is 5.94. The normalized spacial score (nSPS) is 20.2. The molecule has 2 aromatic heterocycles. The fraction of sp³-hybridized carbons (Fsp3) is 0.318. The Morgan fingerprint density at radius 2 is 2.03 bits per heavy atom. The molecule has 2 unspecified atom stereocenters. The number of carbonyl (C=O) groups excluding carboxylic acids is 1. The molecule has 5 rings (SSSR count). The second-order valence-corrected chi connectivity index (χ2v) is 7.75. The lowest BCUT2D eigenvalue weighted by molar-refractivity contribution is 0.0594. The summed E-state index contributed by atoms with van der Waals surface area (Å²) in [6.45, 7) is 1.97. The molecular formula is C22H22N4O3. The molecule has 0 spiro atoms. The zero-order chi connectivity index (χ0) is 20.0. The number of piperidine rings is 1. The standard InChI is InChI=1S/C22H22N4O3/c1-29-20-7-6-16(11-19(20)26-9-3-8-23-26)22(28)24-12-15-10-17(14-24)18-4-2-5-21(27)25(18)13-15/h2-9,11,15,17H,10,12-14H2,1H3. The maximum Gasteiger partial charge on any atom is 0.253 e. The van der Waals surface area contributed by atoms with Gasteiger partial charge in [0.05, 0.1) is 7.11 Å². The summed E-state index contributed by atoms with van der Waals surface area (Å²) in [5, 5.41) is 4.27. The van der Waals surface area contributed by atoms with Crippen LogP contribution in [0.2, 0.25) is 0 Å². The summed E-state index contributed by atoms with van der Waals surface area (Å²) in [4.78, 5) is 27.4. The summed E-state index contributed by atoms with van der Waals surface area (Å²) < 4.78 is 9.02. The van der Waals surface area contributed by atoms with E-state index in [-0.39, 0.29) is 17.4 Å². The smallest absolute Gasteiger partial charge is 0.253 e. The molecule has 2 aliphatic heterocycles. The van der Waals surface area contributed by atoms with Crippen molar-refractivity contribution < 1.29 is 9.53 Å². The Labute approximate surface area is 168 Å². The first kappa shape index (κ1) is 17.7. The Balaban J connectivity index is 1.45. The third-order valence-corrected chi connectivity index (χ3v) is 5.94.